The number of ether oxygens (including phenoxy) is 4. The van der Waals surface area contributed by atoms with Crippen LogP contribution in [0.15, 0.2) is 35.9 Å². The number of phenols is 2. The SMILES string of the molecule is COc1cc(O)c2c(c1)[C@H]([C@H]1OC[C@@H](OC(C)=O)[C@@H](OC(=O)C=C(C)C)[C@@H]1O)c1cc(C)cc(O)c1C2=O. The van der Waals surface area contributed by atoms with E-state index >= 15 is 0 Å². The lowest BCUT2D eigenvalue weighted by Crippen LogP contribution is -2.58. The van der Waals surface area contributed by atoms with Gasteiger partial charge in [0.15, 0.2) is 12.2 Å². The molecule has 2 aliphatic rings. The third-order valence-electron chi connectivity index (χ3n) is 6.57. The lowest BCUT2D eigenvalue weighted by atomic mass is 9.71. The highest BCUT2D eigenvalue weighted by molar-refractivity contribution is 6.16. The molecule has 0 amide bonds. The van der Waals surface area contributed by atoms with Crippen molar-refractivity contribution in [3.05, 3.63) is 63.7 Å². The molecule has 2 aromatic rings. The Bertz CT molecular complexity index is 1320. The molecule has 2 aromatic carbocycles. The maximum absolute atomic E-state index is 13.5. The first kappa shape index (κ1) is 27.2. The van der Waals surface area contributed by atoms with Crippen LogP contribution < -0.4 is 4.74 Å². The summed E-state index contributed by atoms with van der Waals surface area (Å²) in [4.78, 5) is 37.7. The zero-order valence-corrected chi connectivity index (χ0v) is 21.7. The number of aryl methyl sites for hydroxylation is 1. The van der Waals surface area contributed by atoms with Crippen LogP contribution in [-0.2, 0) is 23.8 Å². The highest BCUT2D eigenvalue weighted by atomic mass is 16.6. The van der Waals surface area contributed by atoms with E-state index in [-0.39, 0.29) is 35.0 Å². The third kappa shape index (κ3) is 4.97. The Labute approximate surface area is 219 Å². The maximum atomic E-state index is 13.5. The van der Waals surface area contributed by atoms with Crippen molar-refractivity contribution in [1.29, 1.82) is 0 Å². The van der Waals surface area contributed by atoms with Gasteiger partial charge in [-0.05, 0) is 49.6 Å². The molecule has 0 spiro atoms. The van der Waals surface area contributed by atoms with Crippen molar-refractivity contribution in [1.82, 2.24) is 0 Å². The van der Waals surface area contributed by atoms with Crippen LogP contribution in [0.2, 0.25) is 0 Å². The zero-order valence-electron chi connectivity index (χ0n) is 21.7. The number of benzene rings is 2. The van der Waals surface area contributed by atoms with Crippen LogP contribution in [0.3, 0.4) is 0 Å². The second-order valence-electron chi connectivity index (χ2n) is 9.73. The van der Waals surface area contributed by atoms with Crippen molar-refractivity contribution < 1.29 is 48.7 Å². The lowest BCUT2D eigenvalue weighted by Gasteiger charge is -2.43. The average Bonchev–Trinajstić information content (AvgIpc) is 2.80. The molecule has 38 heavy (non-hydrogen) atoms. The molecule has 3 N–H and O–H groups in total. The molecule has 1 aliphatic carbocycles. The van der Waals surface area contributed by atoms with Gasteiger partial charge in [-0.1, -0.05) is 11.6 Å². The van der Waals surface area contributed by atoms with Gasteiger partial charge in [-0.15, -0.1) is 0 Å². The molecule has 0 aromatic heterocycles. The summed E-state index contributed by atoms with van der Waals surface area (Å²) in [5.74, 6) is -3.28. The predicted octanol–water partition coefficient (Wildman–Crippen LogP) is 2.66. The zero-order chi connectivity index (χ0) is 27.9. The van der Waals surface area contributed by atoms with Gasteiger partial charge in [0.25, 0.3) is 0 Å². The first-order chi connectivity index (χ1) is 17.9. The number of aromatic hydroxyl groups is 2. The van der Waals surface area contributed by atoms with Gasteiger partial charge in [-0.25, -0.2) is 4.79 Å². The van der Waals surface area contributed by atoms with Gasteiger partial charge < -0.3 is 34.3 Å². The van der Waals surface area contributed by atoms with E-state index in [1.165, 1.54) is 32.2 Å². The van der Waals surface area contributed by atoms with Crippen molar-refractivity contribution >= 4 is 17.7 Å². The maximum Gasteiger partial charge on any atom is 0.331 e. The van der Waals surface area contributed by atoms with E-state index in [0.717, 1.165) is 0 Å². The van der Waals surface area contributed by atoms with E-state index in [1.54, 1.807) is 32.9 Å². The standard InChI is InChI=1S/C28H30O10/c1-12(2)6-21(32)38-27-20(37-14(4)29)11-36-28(26(27)34)22-16-7-13(3)8-18(30)23(16)25(33)24-17(22)9-15(35-5)10-19(24)31/h6-10,20,22,26-28,30-31,34H,11H2,1-5H3/t20-,22-,26+,27-,28-/m1/s1. The molecular weight excluding hydrogens is 496 g/mol. The number of carbonyl (C=O) groups excluding carboxylic acids is 3. The molecule has 0 bridgehead atoms. The van der Waals surface area contributed by atoms with E-state index in [0.29, 0.717) is 22.3 Å². The Morgan fingerprint density at radius 1 is 1.00 bits per heavy atom. The van der Waals surface area contributed by atoms with Crippen LogP contribution in [0.5, 0.6) is 17.2 Å². The number of esters is 2. The fourth-order valence-corrected chi connectivity index (χ4v) is 5.13. The second kappa shape index (κ2) is 10.5. The monoisotopic (exact) mass is 526 g/mol. The van der Waals surface area contributed by atoms with Crippen LogP contribution in [-0.4, -0.2) is 71.2 Å². The van der Waals surface area contributed by atoms with Gasteiger partial charge in [0.1, 0.15) is 23.4 Å². The number of rotatable bonds is 5. The molecule has 1 saturated heterocycles. The van der Waals surface area contributed by atoms with Crippen molar-refractivity contribution in [2.45, 2.75) is 58.0 Å². The Balaban J connectivity index is 1.87. The Morgan fingerprint density at radius 3 is 2.24 bits per heavy atom. The molecule has 1 heterocycles. The van der Waals surface area contributed by atoms with Gasteiger partial charge in [-0.2, -0.15) is 0 Å². The van der Waals surface area contributed by atoms with Gasteiger partial charge in [-0.3, -0.25) is 9.59 Å². The number of hydrogen-bond donors (Lipinski definition) is 3. The van der Waals surface area contributed by atoms with Crippen LogP contribution >= 0.6 is 0 Å². The molecule has 0 saturated carbocycles. The number of carbonyl (C=O) groups is 3. The molecular formula is C28H30O10. The normalized spacial score (nSPS) is 24.1. The molecule has 1 fully saturated rings. The molecule has 0 unspecified atom stereocenters. The summed E-state index contributed by atoms with van der Waals surface area (Å²) in [6.45, 7) is 6.11. The fraction of sp³-hybridized carbons (Fsp3) is 0.393. The molecule has 202 valence electrons. The van der Waals surface area contributed by atoms with E-state index in [4.69, 9.17) is 18.9 Å². The van der Waals surface area contributed by atoms with Crippen LogP contribution in [0.4, 0.5) is 0 Å². The summed E-state index contributed by atoms with van der Waals surface area (Å²) in [7, 11) is 1.40. The first-order valence-corrected chi connectivity index (χ1v) is 12.0. The Morgan fingerprint density at radius 2 is 1.63 bits per heavy atom. The summed E-state index contributed by atoms with van der Waals surface area (Å²) in [5, 5.41) is 33.1. The van der Waals surface area contributed by atoms with Gasteiger partial charge in [0.05, 0.1) is 30.9 Å². The minimum atomic E-state index is -1.53. The van der Waals surface area contributed by atoms with Crippen LogP contribution in [0.25, 0.3) is 0 Å². The summed E-state index contributed by atoms with van der Waals surface area (Å²) < 4.78 is 22.2. The Hall–Kier alpha value is -3.89. The largest absolute Gasteiger partial charge is 0.507 e. The minimum absolute atomic E-state index is 0.0374. The van der Waals surface area contributed by atoms with Crippen LogP contribution in [0.1, 0.15) is 59.3 Å². The average molecular weight is 527 g/mol. The third-order valence-corrected chi connectivity index (χ3v) is 6.57. The van der Waals surface area contributed by atoms with Crippen molar-refractivity contribution in [3.63, 3.8) is 0 Å². The van der Waals surface area contributed by atoms with E-state index in [9.17, 15) is 29.7 Å². The number of hydrogen-bond acceptors (Lipinski definition) is 10. The Kier molecular flexibility index (Phi) is 7.48. The summed E-state index contributed by atoms with van der Waals surface area (Å²) in [6.07, 6.45) is -3.82. The molecule has 1 aliphatic heterocycles. The van der Waals surface area contributed by atoms with Crippen molar-refractivity contribution in [2.24, 2.45) is 0 Å². The smallest absolute Gasteiger partial charge is 0.331 e. The number of aliphatic hydroxyl groups is 1. The van der Waals surface area contributed by atoms with Crippen molar-refractivity contribution in [3.8, 4) is 17.2 Å². The van der Waals surface area contributed by atoms with Crippen LogP contribution in [0, 0.1) is 6.92 Å². The predicted molar refractivity (Wildman–Crippen MR) is 133 cm³/mol. The van der Waals surface area contributed by atoms with Gasteiger partial charge >= 0.3 is 11.9 Å². The number of methoxy groups -OCH3 is 1. The highest BCUT2D eigenvalue weighted by Gasteiger charge is 2.50. The summed E-state index contributed by atoms with van der Waals surface area (Å²) in [6, 6.07) is 5.95. The topological polar surface area (TPSA) is 149 Å². The molecule has 10 nitrogen and oxygen atoms in total. The first-order valence-electron chi connectivity index (χ1n) is 12.0. The molecule has 5 atom stereocenters. The van der Waals surface area contributed by atoms with E-state index in [2.05, 4.69) is 0 Å². The molecule has 10 heteroatoms. The van der Waals surface area contributed by atoms with Gasteiger partial charge in [0.2, 0.25) is 5.78 Å². The highest BCUT2D eigenvalue weighted by Crippen LogP contribution is 2.48. The van der Waals surface area contributed by atoms with Gasteiger partial charge in [0, 0.05) is 25.0 Å². The number of fused-ring (bicyclic) bond motifs is 2. The number of phenolic OH excluding ortho intramolecular Hbond substituents is 2. The van der Waals surface area contributed by atoms with Crippen molar-refractivity contribution in [2.75, 3.05) is 13.7 Å². The molecule has 4 rings (SSSR count). The number of aliphatic hydroxyl groups excluding tert-OH is 1. The fourth-order valence-electron chi connectivity index (χ4n) is 5.13. The second-order valence-corrected chi connectivity index (χ2v) is 9.73. The number of ketones is 1. The molecule has 0 radical (unpaired) electrons. The van der Waals surface area contributed by atoms with E-state index in [1.807, 2.05) is 0 Å². The van der Waals surface area contributed by atoms with E-state index < -0.39 is 48.1 Å². The quantitative estimate of drug-likeness (QED) is 0.392. The summed E-state index contributed by atoms with van der Waals surface area (Å²) >= 11 is 0. The summed E-state index contributed by atoms with van der Waals surface area (Å²) in [5.41, 5.74) is 1.86. The number of allylic oxidation sites excluding steroid dienone is 1. The minimum Gasteiger partial charge on any atom is -0.507 e. The lowest BCUT2D eigenvalue weighted by molar-refractivity contribution is -0.217.